The minimum atomic E-state index is -0.211. The van der Waals surface area contributed by atoms with Gasteiger partial charge in [-0.2, -0.15) is 0 Å². The number of morpholine rings is 1. The van der Waals surface area contributed by atoms with Crippen LogP contribution in [0.4, 0.5) is 11.4 Å². The number of halogens is 1. The number of aromatic nitrogens is 1. The fourth-order valence-corrected chi connectivity index (χ4v) is 3.39. The fourth-order valence-electron chi connectivity index (χ4n) is 2.52. The molecule has 0 unspecified atom stereocenters. The van der Waals surface area contributed by atoms with Crippen LogP contribution in [0.1, 0.15) is 10.7 Å². The highest BCUT2D eigenvalue weighted by molar-refractivity contribution is 7.09. The molecular formula is C17H18ClN3O2S. The molecule has 3 rings (SSSR count). The Hall–Kier alpha value is -1.89. The summed E-state index contributed by atoms with van der Waals surface area (Å²) in [7, 11) is 0. The van der Waals surface area contributed by atoms with Crippen LogP contribution in [0, 0.1) is 6.92 Å². The van der Waals surface area contributed by atoms with Crippen molar-refractivity contribution in [1.29, 1.82) is 0 Å². The van der Waals surface area contributed by atoms with E-state index in [-0.39, 0.29) is 5.91 Å². The maximum atomic E-state index is 12.2. The monoisotopic (exact) mass is 363 g/mol. The summed E-state index contributed by atoms with van der Waals surface area (Å²) >= 11 is 7.91. The number of anilines is 2. The van der Waals surface area contributed by atoms with Gasteiger partial charge in [0.15, 0.2) is 0 Å². The molecule has 1 aliphatic rings. The fraction of sp³-hybridized carbons (Fsp3) is 0.294. The third-order valence-corrected chi connectivity index (χ3v) is 4.71. The minimum absolute atomic E-state index is 0.211. The number of amides is 1. The van der Waals surface area contributed by atoms with Crippen molar-refractivity contribution in [3.05, 3.63) is 45.4 Å². The van der Waals surface area contributed by atoms with Crippen molar-refractivity contribution in [2.24, 2.45) is 0 Å². The molecule has 24 heavy (non-hydrogen) atoms. The lowest BCUT2D eigenvalue weighted by molar-refractivity contribution is -0.111. The van der Waals surface area contributed by atoms with E-state index in [1.54, 1.807) is 17.4 Å². The Bertz CT molecular complexity index is 754. The summed E-state index contributed by atoms with van der Waals surface area (Å²) in [6.45, 7) is 4.74. The number of hydrogen-bond donors (Lipinski definition) is 1. The molecule has 0 atom stereocenters. The third kappa shape index (κ3) is 4.14. The molecule has 1 amide bonds. The van der Waals surface area contributed by atoms with Gasteiger partial charge in [-0.15, -0.1) is 11.3 Å². The number of carbonyl (C=O) groups excluding carboxylic acids is 1. The van der Waals surface area contributed by atoms with Gasteiger partial charge in [-0.25, -0.2) is 4.98 Å². The van der Waals surface area contributed by atoms with Gasteiger partial charge in [-0.05, 0) is 25.1 Å². The highest BCUT2D eigenvalue weighted by Gasteiger charge is 2.18. The Morgan fingerprint density at radius 2 is 2.21 bits per heavy atom. The summed E-state index contributed by atoms with van der Waals surface area (Å²) in [6.07, 6.45) is 3.19. The van der Waals surface area contributed by atoms with Gasteiger partial charge in [0.2, 0.25) is 5.91 Å². The second-order valence-corrected chi connectivity index (χ2v) is 6.82. The maximum absolute atomic E-state index is 12.2. The van der Waals surface area contributed by atoms with Gasteiger partial charge >= 0.3 is 0 Å². The minimum Gasteiger partial charge on any atom is -0.378 e. The number of benzene rings is 1. The number of hydrogen-bond acceptors (Lipinski definition) is 5. The van der Waals surface area contributed by atoms with E-state index >= 15 is 0 Å². The van der Waals surface area contributed by atoms with E-state index in [1.807, 2.05) is 30.5 Å². The van der Waals surface area contributed by atoms with Crippen molar-refractivity contribution in [2.45, 2.75) is 6.92 Å². The van der Waals surface area contributed by atoms with Gasteiger partial charge in [0, 0.05) is 24.5 Å². The molecule has 1 aromatic heterocycles. The van der Waals surface area contributed by atoms with Crippen molar-refractivity contribution in [3.63, 3.8) is 0 Å². The van der Waals surface area contributed by atoms with Crippen molar-refractivity contribution < 1.29 is 9.53 Å². The van der Waals surface area contributed by atoms with Gasteiger partial charge in [0.25, 0.3) is 0 Å². The molecule has 0 spiro atoms. The van der Waals surface area contributed by atoms with Crippen molar-refractivity contribution >= 4 is 46.3 Å². The van der Waals surface area contributed by atoms with Gasteiger partial charge in [-0.3, -0.25) is 4.79 Å². The smallest absolute Gasteiger partial charge is 0.248 e. The number of nitrogens with zero attached hydrogens (tertiary/aromatic N) is 2. The number of aryl methyl sites for hydroxylation is 1. The number of nitrogens with one attached hydrogen (secondary N) is 1. The summed E-state index contributed by atoms with van der Waals surface area (Å²) < 4.78 is 5.38. The van der Waals surface area contributed by atoms with Crippen LogP contribution in [0.3, 0.4) is 0 Å². The molecule has 2 heterocycles. The van der Waals surface area contributed by atoms with E-state index in [0.29, 0.717) is 23.9 Å². The molecule has 2 aromatic rings. The predicted octanol–water partition coefficient (Wildman–Crippen LogP) is 3.59. The van der Waals surface area contributed by atoms with Crippen LogP contribution in [0.5, 0.6) is 0 Å². The predicted molar refractivity (Wildman–Crippen MR) is 99.0 cm³/mol. The summed E-state index contributed by atoms with van der Waals surface area (Å²) in [5, 5.41) is 6.41. The van der Waals surface area contributed by atoms with Crippen molar-refractivity contribution in [2.75, 3.05) is 36.5 Å². The number of ether oxygens (including phenoxy) is 1. The lowest BCUT2D eigenvalue weighted by atomic mass is 10.2. The quantitative estimate of drug-likeness (QED) is 0.843. The van der Waals surface area contributed by atoms with Crippen LogP contribution in [0.15, 0.2) is 29.7 Å². The van der Waals surface area contributed by atoms with Crippen molar-refractivity contribution in [1.82, 2.24) is 4.98 Å². The first-order chi connectivity index (χ1) is 11.6. The van der Waals surface area contributed by atoms with E-state index in [0.717, 1.165) is 29.5 Å². The number of para-hydroxylation sites is 1. The normalized spacial score (nSPS) is 15.0. The van der Waals surface area contributed by atoms with E-state index in [1.165, 1.54) is 6.08 Å². The Kier molecular flexibility index (Phi) is 5.50. The van der Waals surface area contributed by atoms with E-state index in [2.05, 4.69) is 15.2 Å². The number of rotatable bonds is 4. The SMILES string of the molecule is Cc1nc(/C=C/C(=O)Nc2cccc(Cl)c2N2CCOCC2)cs1. The molecule has 5 nitrogen and oxygen atoms in total. The van der Waals surface area contributed by atoms with Crippen LogP contribution in [-0.2, 0) is 9.53 Å². The second-order valence-electron chi connectivity index (χ2n) is 5.35. The summed E-state index contributed by atoms with van der Waals surface area (Å²) in [5.74, 6) is -0.211. The maximum Gasteiger partial charge on any atom is 0.248 e. The summed E-state index contributed by atoms with van der Waals surface area (Å²) in [4.78, 5) is 18.7. The molecule has 0 bridgehead atoms. The average molecular weight is 364 g/mol. The molecule has 1 aliphatic heterocycles. The van der Waals surface area contributed by atoms with Crippen LogP contribution in [-0.4, -0.2) is 37.2 Å². The molecule has 7 heteroatoms. The summed E-state index contributed by atoms with van der Waals surface area (Å²) in [6, 6.07) is 5.51. The average Bonchev–Trinajstić information content (AvgIpc) is 2.99. The lowest BCUT2D eigenvalue weighted by Crippen LogP contribution is -2.37. The van der Waals surface area contributed by atoms with Crippen LogP contribution in [0.2, 0.25) is 5.02 Å². The molecule has 126 valence electrons. The standard InChI is InChI=1S/C17H18ClN3O2S/c1-12-19-13(11-24-12)5-6-16(22)20-15-4-2-3-14(18)17(15)21-7-9-23-10-8-21/h2-6,11H,7-10H2,1H3,(H,20,22)/b6-5+. The molecule has 0 aliphatic carbocycles. The van der Waals surface area contributed by atoms with Crippen molar-refractivity contribution in [3.8, 4) is 0 Å². The molecule has 1 aromatic carbocycles. The molecular weight excluding hydrogens is 346 g/mol. The van der Waals surface area contributed by atoms with Gasteiger partial charge < -0.3 is 15.0 Å². The highest BCUT2D eigenvalue weighted by atomic mass is 35.5. The zero-order valence-electron chi connectivity index (χ0n) is 13.3. The van der Waals surface area contributed by atoms with Gasteiger partial charge in [-0.1, -0.05) is 17.7 Å². The Morgan fingerprint density at radius 3 is 2.92 bits per heavy atom. The van der Waals surface area contributed by atoms with E-state index in [9.17, 15) is 4.79 Å². The van der Waals surface area contributed by atoms with Gasteiger partial charge in [0.1, 0.15) is 0 Å². The Morgan fingerprint density at radius 1 is 1.42 bits per heavy atom. The third-order valence-electron chi connectivity index (χ3n) is 3.61. The van der Waals surface area contributed by atoms with Crippen LogP contribution in [0.25, 0.3) is 6.08 Å². The lowest BCUT2D eigenvalue weighted by Gasteiger charge is -2.31. The van der Waals surface area contributed by atoms with Crippen LogP contribution >= 0.6 is 22.9 Å². The highest BCUT2D eigenvalue weighted by Crippen LogP contribution is 2.34. The van der Waals surface area contributed by atoms with E-state index in [4.69, 9.17) is 16.3 Å². The number of carbonyl (C=O) groups is 1. The van der Waals surface area contributed by atoms with E-state index < -0.39 is 0 Å². The first-order valence-corrected chi connectivity index (χ1v) is 8.91. The molecule has 1 saturated heterocycles. The van der Waals surface area contributed by atoms with Gasteiger partial charge in [0.05, 0.1) is 40.3 Å². The first kappa shape index (κ1) is 17.0. The largest absolute Gasteiger partial charge is 0.378 e. The molecule has 0 saturated carbocycles. The summed E-state index contributed by atoms with van der Waals surface area (Å²) in [5.41, 5.74) is 2.33. The molecule has 1 N–H and O–H groups in total. The first-order valence-electron chi connectivity index (χ1n) is 7.66. The zero-order chi connectivity index (χ0) is 16.9. The Balaban J connectivity index is 1.75. The Labute approximate surface area is 149 Å². The molecule has 0 radical (unpaired) electrons. The zero-order valence-corrected chi connectivity index (χ0v) is 14.9. The molecule has 1 fully saturated rings. The van der Waals surface area contributed by atoms with Crippen LogP contribution < -0.4 is 10.2 Å². The number of thiazole rings is 1. The topological polar surface area (TPSA) is 54.5 Å². The second kappa shape index (κ2) is 7.79.